The van der Waals surface area contributed by atoms with Crippen molar-refractivity contribution in [2.24, 2.45) is 5.92 Å². The number of hydrogen-bond acceptors (Lipinski definition) is 2. The van der Waals surface area contributed by atoms with E-state index in [-0.39, 0.29) is 24.4 Å². The number of nitrogens with zero attached hydrogens (tertiary/aromatic N) is 2. The number of likely N-dealkylation sites (tertiary alicyclic amines) is 1. The number of benzene rings is 2. The smallest absolute Gasteiger partial charge is 0.226 e. The van der Waals surface area contributed by atoms with E-state index in [0.717, 1.165) is 31.7 Å². The highest BCUT2D eigenvalue weighted by molar-refractivity contribution is 5.93. The molecule has 3 rings (SSSR count). The fourth-order valence-electron chi connectivity index (χ4n) is 3.87. The fraction of sp³-hybridized carbons (Fsp3) is 0.409. The van der Waals surface area contributed by atoms with E-state index in [1.54, 1.807) is 0 Å². The third-order valence-corrected chi connectivity index (χ3v) is 5.13. The Kier molecular flexibility index (Phi) is 7.67. The van der Waals surface area contributed by atoms with Crippen molar-refractivity contribution in [2.45, 2.75) is 39.3 Å². The monoisotopic (exact) mass is 372 g/mol. The SMILES string of the molecule is CCC(=O)N(c1ccccc1)[C@@H]1CCN(Cc2ccccc2)C[C@@H]1C.Cl. The van der Waals surface area contributed by atoms with Crippen LogP contribution in [0, 0.1) is 5.92 Å². The minimum Gasteiger partial charge on any atom is -0.309 e. The maximum atomic E-state index is 12.6. The second-order valence-electron chi connectivity index (χ2n) is 7.01. The van der Waals surface area contributed by atoms with Crippen LogP contribution in [0.4, 0.5) is 5.69 Å². The van der Waals surface area contributed by atoms with Crippen LogP contribution in [0.15, 0.2) is 60.7 Å². The Hall–Kier alpha value is -1.84. The van der Waals surface area contributed by atoms with Crippen molar-refractivity contribution in [3.8, 4) is 0 Å². The van der Waals surface area contributed by atoms with Crippen molar-refractivity contribution in [3.05, 3.63) is 66.2 Å². The number of hydrogen-bond donors (Lipinski definition) is 0. The number of carbonyl (C=O) groups excluding carboxylic acids is 1. The zero-order chi connectivity index (χ0) is 17.6. The largest absolute Gasteiger partial charge is 0.309 e. The van der Waals surface area contributed by atoms with Gasteiger partial charge in [-0.15, -0.1) is 12.4 Å². The predicted octanol–water partition coefficient (Wildman–Crippen LogP) is 4.76. The van der Waals surface area contributed by atoms with Crippen LogP contribution in [0.2, 0.25) is 0 Å². The molecular weight excluding hydrogens is 344 g/mol. The molecule has 0 unspecified atom stereocenters. The molecule has 140 valence electrons. The lowest BCUT2D eigenvalue weighted by atomic mass is 9.91. The molecule has 0 saturated carbocycles. The first-order valence-electron chi connectivity index (χ1n) is 9.32. The second kappa shape index (κ2) is 9.75. The van der Waals surface area contributed by atoms with Crippen LogP contribution >= 0.6 is 12.4 Å². The molecule has 2 atom stereocenters. The minimum atomic E-state index is 0. The highest BCUT2D eigenvalue weighted by atomic mass is 35.5. The summed E-state index contributed by atoms with van der Waals surface area (Å²) in [4.78, 5) is 17.2. The van der Waals surface area contributed by atoms with Crippen molar-refractivity contribution >= 4 is 24.0 Å². The van der Waals surface area contributed by atoms with Crippen molar-refractivity contribution in [2.75, 3.05) is 18.0 Å². The van der Waals surface area contributed by atoms with Crippen LogP contribution in [-0.4, -0.2) is 29.9 Å². The average Bonchev–Trinajstić information content (AvgIpc) is 2.65. The number of anilines is 1. The summed E-state index contributed by atoms with van der Waals surface area (Å²) in [7, 11) is 0. The molecule has 26 heavy (non-hydrogen) atoms. The van der Waals surface area contributed by atoms with Gasteiger partial charge in [-0.05, 0) is 30.0 Å². The van der Waals surface area contributed by atoms with Gasteiger partial charge in [0.15, 0.2) is 0 Å². The second-order valence-corrected chi connectivity index (χ2v) is 7.01. The van der Waals surface area contributed by atoms with Gasteiger partial charge in [-0.2, -0.15) is 0 Å². The van der Waals surface area contributed by atoms with E-state index < -0.39 is 0 Å². The fourth-order valence-corrected chi connectivity index (χ4v) is 3.87. The molecule has 1 heterocycles. The predicted molar refractivity (Wildman–Crippen MR) is 111 cm³/mol. The molecule has 0 bridgehead atoms. The van der Waals surface area contributed by atoms with Crippen molar-refractivity contribution in [1.82, 2.24) is 4.90 Å². The van der Waals surface area contributed by atoms with Gasteiger partial charge in [-0.3, -0.25) is 9.69 Å². The van der Waals surface area contributed by atoms with E-state index >= 15 is 0 Å². The maximum Gasteiger partial charge on any atom is 0.226 e. The first-order chi connectivity index (χ1) is 12.2. The van der Waals surface area contributed by atoms with Gasteiger partial charge in [0.25, 0.3) is 0 Å². The molecule has 1 aliphatic heterocycles. The molecule has 0 N–H and O–H groups in total. The normalized spacial score (nSPS) is 20.2. The quantitative estimate of drug-likeness (QED) is 0.755. The first kappa shape index (κ1) is 20.5. The Bertz CT molecular complexity index is 677. The molecule has 3 nitrogen and oxygen atoms in total. The Morgan fingerprint density at radius 1 is 1.08 bits per heavy atom. The molecule has 1 aliphatic rings. The van der Waals surface area contributed by atoms with Gasteiger partial charge in [-0.25, -0.2) is 0 Å². The Morgan fingerprint density at radius 3 is 2.27 bits per heavy atom. The summed E-state index contributed by atoms with van der Waals surface area (Å²) < 4.78 is 0. The molecule has 1 fully saturated rings. The lowest BCUT2D eigenvalue weighted by Crippen LogP contribution is -2.52. The zero-order valence-corrected chi connectivity index (χ0v) is 16.5. The van der Waals surface area contributed by atoms with Crippen LogP contribution in [0.5, 0.6) is 0 Å². The number of halogens is 1. The molecular formula is C22H29ClN2O. The van der Waals surface area contributed by atoms with E-state index in [1.807, 2.05) is 30.0 Å². The molecule has 1 saturated heterocycles. The molecule has 0 radical (unpaired) electrons. The average molecular weight is 373 g/mol. The number of carbonyl (C=O) groups is 1. The summed E-state index contributed by atoms with van der Waals surface area (Å²) in [5, 5.41) is 0. The van der Waals surface area contributed by atoms with Crippen LogP contribution < -0.4 is 4.90 Å². The zero-order valence-electron chi connectivity index (χ0n) is 15.7. The van der Waals surface area contributed by atoms with Gasteiger partial charge in [-0.1, -0.05) is 62.4 Å². The van der Waals surface area contributed by atoms with E-state index in [1.165, 1.54) is 5.56 Å². The summed E-state index contributed by atoms with van der Waals surface area (Å²) in [6, 6.07) is 21.1. The summed E-state index contributed by atoms with van der Waals surface area (Å²) in [6.45, 7) is 7.28. The van der Waals surface area contributed by atoms with Gasteiger partial charge in [0.1, 0.15) is 0 Å². The van der Waals surface area contributed by atoms with Crippen LogP contribution in [0.1, 0.15) is 32.3 Å². The highest BCUT2D eigenvalue weighted by Crippen LogP contribution is 2.28. The number of para-hydroxylation sites is 1. The van der Waals surface area contributed by atoms with Gasteiger partial charge < -0.3 is 4.90 Å². The number of amides is 1. The molecule has 4 heteroatoms. The molecule has 2 aromatic rings. The standard InChI is InChI=1S/C22H28N2O.ClH/c1-3-22(25)24(20-12-8-5-9-13-20)21-14-15-23(16-18(21)2)17-19-10-6-4-7-11-19;/h4-13,18,21H,3,14-17H2,1-2H3;1H/t18-,21+;/m0./s1. The Labute approximate surface area is 163 Å². The lowest BCUT2D eigenvalue weighted by molar-refractivity contribution is -0.119. The van der Waals surface area contributed by atoms with Crippen molar-refractivity contribution in [1.29, 1.82) is 0 Å². The van der Waals surface area contributed by atoms with E-state index in [2.05, 4.69) is 54.3 Å². The molecule has 0 aliphatic carbocycles. The van der Waals surface area contributed by atoms with Gasteiger partial charge in [0, 0.05) is 37.8 Å². The molecule has 0 spiro atoms. The summed E-state index contributed by atoms with van der Waals surface area (Å²) >= 11 is 0. The van der Waals surface area contributed by atoms with E-state index in [9.17, 15) is 4.79 Å². The Morgan fingerprint density at radius 2 is 1.69 bits per heavy atom. The third-order valence-electron chi connectivity index (χ3n) is 5.13. The van der Waals surface area contributed by atoms with E-state index in [0.29, 0.717) is 12.3 Å². The lowest BCUT2D eigenvalue weighted by Gasteiger charge is -2.42. The number of rotatable bonds is 5. The van der Waals surface area contributed by atoms with Crippen molar-refractivity contribution < 1.29 is 4.79 Å². The highest BCUT2D eigenvalue weighted by Gasteiger charge is 2.33. The third kappa shape index (κ3) is 4.87. The van der Waals surface area contributed by atoms with Crippen LogP contribution in [0.3, 0.4) is 0 Å². The van der Waals surface area contributed by atoms with Gasteiger partial charge >= 0.3 is 0 Å². The summed E-state index contributed by atoms with van der Waals surface area (Å²) in [5.41, 5.74) is 2.39. The van der Waals surface area contributed by atoms with E-state index in [4.69, 9.17) is 0 Å². The topological polar surface area (TPSA) is 23.6 Å². The molecule has 0 aromatic heterocycles. The van der Waals surface area contributed by atoms with Crippen LogP contribution in [-0.2, 0) is 11.3 Å². The minimum absolute atomic E-state index is 0. The first-order valence-corrected chi connectivity index (χ1v) is 9.32. The number of piperidine rings is 1. The maximum absolute atomic E-state index is 12.6. The molecule has 1 amide bonds. The Balaban J connectivity index is 0.00000243. The van der Waals surface area contributed by atoms with Crippen molar-refractivity contribution in [3.63, 3.8) is 0 Å². The van der Waals surface area contributed by atoms with Gasteiger partial charge in [0.05, 0.1) is 0 Å². The molecule has 2 aromatic carbocycles. The summed E-state index contributed by atoms with van der Waals surface area (Å²) in [6.07, 6.45) is 1.57. The summed E-state index contributed by atoms with van der Waals surface area (Å²) in [5.74, 6) is 0.674. The van der Waals surface area contributed by atoms with Gasteiger partial charge in [0.2, 0.25) is 5.91 Å². The van der Waals surface area contributed by atoms with Crippen LogP contribution in [0.25, 0.3) is 0 Å².